The van der Waals surface area contributed by atoms with Crippen molar-refractivity contribution >= 4 is 15.7 Å². The summed E-state index contributed by atoms with van der Waals surface area (Å²) in [6.07, 6.45) is 2.28. The largest absolute Gasteiger partial charge is 0.358 e. The van der Waals surface area contributed by atoms with Crippen LogP contribution in [0.1, 0.15) is 33.1 Å². The van der Waals surface area contributed by atoms with Crippen LogP contribution in [0.15, 0.2) is 0 Å². The molecule has 0 aromatic carbocycles. The molecule has 3 N–H and O–H groups in total. The summed E-state index contributed by atoms with van der Waals surface area (Å²) in [7, 11) is -2.01. The molecule has 1 aliphatic rings. The summed E-state index contributed by atoms with van der Waals surface area (Å²) in [4.78, 5) is 11.3. The van der Waals surface area contributed by atoms with Gasteiger partial charge in [-0.25, -0.2) is 8.42 Å². The van der Waals surface area contributed by atoms with Crippen LogP contribution in [0, 0.1) is 11.8 Å². The van der Waals surface area contributed by atoms with Crippen LogP contribution >= 0.6 is 0 Å². The molecule has 0 radical (unpaired) electrons. The summed E-state index contributed by atoms with van der Waals surface area (Å²) < 4.78 is 24.4. The van der Waals surface area contributed by atoms with Crippen molar-refractivity contribution in [2.45, 2.75) is 44.4 Å². The molecule has 0 bridgehead atoms. The van der Waals surface area contributed by atoms with E-state index in [9.17, 15) is 13.2 Å². The van der Waals surface area contributed by atoms with Gasteiger partial charge in [0.15, 0.2) is 9.84 Å². The molecule has 0 heterocycles. The number of nitrogens with two attached hydrogens (primary N) is 1. The van der Waals surface area contributed by atoms with Gasteiger partial charge in [0.25, 0.3) is 0 Å². The summed E-state index contributed by atoms with van der Waals surface area (Å²) in [5.74, 6) is -0.0782. The Morgan fingerprint density at radius 1 is 1.39 bits per heavy atom. The van der Waals surface area contributed by atoms with Crippen LogP contribution in [-0.2, 0) is 14.6 Å². The van der Waals surface area contributed by atoms with E-state index in [4.69, 9.17) is 5.73 Å². The zero-order valence-corrected chi connectivity index (χ0v) is 12.2. The van der Waals surface area contributed by atoms with Crippen molar-refractivity contribution in [3.63, 3.8) is 0 Å². The molecule has 3 atom stereocenters. The molecule has 1 aliphatic carbocycles. The molecule has 0 spiro atoms. The van der Waals surface area contributed by atoms with Gasteiger partial charge in [-0.2, -0.15) is 0 Å². The molecule has 1 saturated carbocycles. The normalized spacial score (nSPS) is 29.3. The Hall–Kier alpha value is -0.620. The van der Waals surface area contributed by atoms with Gasteiger partial charge in [0.05, 0.1) is 5.25 Å². The van der Waals surface area contributed by atoms with Crippen LogP contribution in [0.25, 0.3) is 0 Å². The molecule has 6 heteroatoms. The number of carbonyl (C=O) groups excluding carboxylic acids is 1. The van der Waals surface area contributed by atoms with Crippen molar-refractivity contribution in [2.75, 3.05) is 12.8 Å². The molecule has 0 aromatic rings. The second kappa shape index (κ2) is 6.02. The number of nitrogens with one attached hydrogen (secondary N) is 1. The molecule has 0 aromatic heterocycles. The van der Waals surface area contributed by atoms with Crippen LogP contribution in [-0.4, -0.2) is 38.4 Å². The first-order valence-corrected chi connectivity index (χ1v) is 8.17. The van der Waals surface area contributed by atoms with E-state index < -0.39 is 26.7 Å². The number of hydrogen-bond acceptors (Lipinski definition) is 4. The molecular formula is C12H24N2O3S. The molecular weight excluding hydrogens is 252 g/mol. The Kier molecular flexibility index (Phi) is 5.16. The summed E-state index contributed by atoms with van der Waals surface area (Å²) in [6, 6.07) is -0.338. The first-order chi connectivity index (χ1) is 8.27. The average Bonchev–Trinajstić information content (AvgIpc) is 2.28. The second-order valence-corrected chi connectivity index (χ2v) is 7.72. The molecule has 1 rings (SSSR count). The SMILES string of the molecule is CNC(=O)CS(=O)(=O)C1CC(C(C)C)CCC1N. The van der Waals surface area contributed by atoms with Gasteiger partial charge in [0.1, 0.15) is 5.75 Å². The van der Waals surface area contributed by atoms with Crippen LogP contribution in [0.5, 0.6) is 0 Å². The minimum atomic E-state index is -3.45. The van der Waals surface area contributed by atoms with Crippen LogP contribution in [0.3, 0.4) is 0 Å². The zero-order valence-electron chi connectivity index (χ0n) is 11.3. The maximum absolute atomic E-state index is 12.2. The summed E-state index contributed by atoms with van der Waals surface area (Å²) >= 11 is 0. The smallest absolute Gasteiger partial charge is 0.234 e. The van der Waals surface area contributed by atoms with E-state index in [1.807, 2.05) is 0 Å². The van der Waals surface area contributed by atoms with Crippen molar-refractivity contribution < 1.29 is 13.2 Å². The molecule has 1 amide bonds. The average molecular weight is 276 g/mol. The topological polar surface area (TPSA) is 89.3 Å². The Morgan fingerprint density at radius 2 is 2.00 bits per heavy atom. The zero-order chi connectivity index (χ0) is 13.9. The fourth-order valence-electron chi connectivity index (χ4n) is 2.56. The van der Waals surface area contributed by atoms with Gasteiger partial charge in [-0.1, -0.05) is 13.8 Å². The van der Waals surface area contributed by atoms with E-state index in [2.05, 4.69) is 19.2 Å². The van der Waals surface area contributed by atoms with Crippen molar-refractivity contribution in [1.29, 1.82) is 0 Å². The number of hydrogen-bond donors (Lipinski definition) is 2. The Labute approximate surface area is 109 Å². The minimum absolute atomic E-state index is 0.338. The number of sulfone groups is 1. The van der Waals surface area contributed by atoms with Crippen LogP contribution in [0.2, 0.25) is 0 Å². The lowest BCUT2D eigenvalue weighted by molar-refractivity contribution is -0.118. The molecule has 106 valence electrons. The van der Waals surface area contributed by atoms with Crippen molar-refractivity contribution in [2.24, 2.45) is 17.6 Å². The van der Waals surface area contributed by atoms with E-state index in [0.717, 1.165) is 12.8 Å². The monoisotopic (exact) mass is 276 g/mol. The van der Waals surface area contributed by atoms with Gasteiger partial charge in [0, 0.05) is 13.1 Å². The number of rotatable bonds is 4. The van der Waals surface area contributed by atoms with Gasteiger partial charge in [-0.3, -0.25) is 4.79 Å². The quantitative estimate of drug-likeness (QED) is 0.773. The van der Waals surface area contributed by atoms with Crippen molar-refractivity contribution in [1.82, 2.24) is 5.32 Å². The van der Waals surface area contributed by atoms with E-state index in [-0.39, 0.29) is 6.04 Å². The minimum Gasteiger partial charge on any atom is -0.358 e. The van der Waals surface area contributed by atoms with Gasteiger partial charge < -0.3 is 11.1 Å². The number of amides is 1. The molecule has 0 aliphatic heterocycles. The van der Waals surface area contributed by atoms with E-state index in [1.54, 1.807) is 0 Å². The van der Waals surface area contributed by atoms with E-state index in [0.29, 0.717) is 18.3 Å². The number of carbonyl (C=O) groups is 1. The highest BCUT2D eigenvalue weighted by atomic mass is 32.2. The Bertz CT molecular complexity index is 392. The third-order valence-corrected chi connectivity index (χ3v) is 6.03. The third kappa shape index (κ3) is 3.68. The van der Waals surface area contributed by atoms with E-state index >= 15 is 0 Å². The first kappa shape index (κ1) is 15.4. The predicted octanol–water partition coefficient (Wildman–Crippen LogP) is 0.299. The van der Waals surface area contributed by atoms with E-state index in [1.165, 1.54) is 7.05 Å². The first-order valence-electron chi connectivity index (χ1n) is 6.45. The highest BCUT2D eigenvalue weighted by molar-refractivity contribution is 7.92. The lowest BCUT2D eigenvalue weighted by Crippen LogP contribution is -2.48. The Morgan fingerprint density at radius 3 is 2.50 bits per heavy atom. The van der Waals surface area contributed by atoms with Gasteiger partial charge in [-0.05, 0) is 31.1 Å². The standard InChI is InChI=1S/C12H24N2O3S/c1-8(2)9-4-5-10(13)11(6-9)18(16,17)7-12(15)14-3/h8-11H,4-7,13H2,1-3H3,(H,14,15). The third-order valence-electron chi connectivity index (χ3n) is 3.90. The van der Waals surface area contributed by atoms with Crippen molar-refractivity contribution in [3.05, 3.63) is 0 Å². The van der Waals surface area contributed by atoms with Crippen LogP contribution < -0.4 is 11.1 Å². The van der Waals surface area contributed by atoms with Gasteiger partial charge in [0.2, 0.25) is 5.91 Å². The van der Waals surface area contributed by atoms with Crippen LogP contribution in [0.4, 0.5) is 0 Å². The molecule has 18 heavy (non-hydrogen) atoms. The van der Waals surface area contributed by atoms with Gasteiger partial charge in [-0.15, -0.1) is 0 Å². The summed E-state index contributed by atoms with van der Waals surface area (Å²) in [6.45, 7) is 4.20. The predicted molar refractivity (Wildman–Crippen MR) is 71.8 cm³/mol. The summed E-state index contributed by atoms with van der Waals surface area (Å²) in [5, 5.41) is 1.78. The highest BCUT2D eigenvalue weighted by Crippen LogP contribution is 2.33. The Balaban J connectivity index is 2.81. The van der Waals surface area contributed by atoms with Gasteiger partial charge >= 0.3 is 0 Å². The fraction of sp³-hybridized carbons (Fsp3) is 0.917. The fourth-order valence-corrected chi connectivity index (χ4v) is 4.50. The second-order valence-electron chi connectivity index (χ2n) is 5.50. The summed E-state index contributed by atoms with van der Waals surface area (Å²) in [5.41, 5.74) is 5.93. The van der Waals surface area contributed by atoms with Crippen molar-refractivity contribution in [3.8, 4) is 0 Å². The lowest BCUT2D eigenvalue weighted by atomic mass is 9.79. The maximum atomic E-state index is 12.2. The maximum Gasteiger partial charge on any atom is 0.234 e. The molecule has 0 saturated heterocycles. The molecule has 5 nitrogen and oxygen atoms in total. The molecule has 3 unspecified atom stereocenters. The lowest BCUT2D eigenvalue weighted by Gasteiger charge is -2.35. The highest BCUT2D eigenvalue weighted by Gasteiger charge is 2.38. The molecule has 1 fully saturated rings.